The van der Waals surface area contributed by atoms with Gasteiger partial charge < -0.3 is 0 Å². The Morgan fingerprint density at radius 1 is 0.375 bits per heavy atom. The fraction of sp³-hybridized carbons (Fsp3) is 0.419. The second-order valence-electron chi connectivity index (χ2n) is 12.2. The molecule has 3 rings (SSSR count). The molecule has 0 unspecified atom stereocenters. The van der Waals surface area contributed by atoms with Gasteiger partial charge in [0.2, 0.25) is 0 Å². The summed E-state index contributed by atoms with van der Waals surface area (Å²) in [4.78, 5) is 4.24. The summed E-state index contributed by atoms with van der Waals surface area (Å²) in [6, 6.07) is 28.2. The fourth-order valence-corrected chi connectivity index (χ4v) is 6.95. The van der Waals surface area contributed by atoms with Gasteiger partial charge in [-0.15, -0.1) is 0 Å². The van der Waals surface area contributed by atoms with Crippen LogP contribution in [0.2, 0.25) is 0 Å². The molecular weight excluding hydrogens is 404 g/mol. The van der Waals surface area contributed by atoms with E-state index < -0.39 is 10.0 Å². The lowest BCUT2D eigenvalue weighted by Crippen LogP contribution is -2.12. The van der Waals surface area contributed by atoms with E-state index in [1.807, 2.05) is 0 Å². The average Bonchev–Trinajstić information content (AvgIpc) is 2.71. The quantitative estimate of drug-likeness (QED) is 0.376. The lowest BCUT2D eigenvalue weighted by molar-refractivity contribution is 0.589. The third-order valence-corrected chi connectivity index (χ3v) is 10.2. The van der Waals surface area contributed by atoms with Crippen molar-refractivity contribution in [2.24, 2.45) is 0 Å². The van der Waals surface area contributed by atoms with Crippen molar-refractivity contribution >= 4 is 10.0 Å². The van der Waals surface area contributed by atoms with Gasteiger partial charge in [-0.25, -0.2) is 0 Å². The van der Waals surface area contributed by atoms with Gasteiger partial charge in [0, 0.05) is 0 Å². The number of hydrogen-bond acceptors (Lipinski definition) is 0. The standard InChI is InChI=1S/C31H42S/c1-29(2,3)23-11-17-26(18-12-23)32(10,27-19-13-24(14-20-27)30(4,5)6)28-21-15-25(16-22-28)31(7,8)9/h11-22H,1-10H3. The van der Waals surface area contributed by atoms with Gasteiger partial charge in [0.05, 0.1) is 0 Å². The van der Waals surface area contributed by atoms with Crippen molar-refractivity contribution in [2.75, 3.05) is 6.26 Å². The number of hydrogen-bond donors (Lipinski definition) is 0. The zero-order chi connectivity index (χ0) is 23.9. The first-order valence-electron chi connectivity index (χ1n) is 11.7. The highest BCUT2D eigenvalue weighted by Crippen LogP contribution is 2.65. The molecule has 0 aliphatic heterocycles. The molecule has 0 aliphatic carbocycles. The van der Waals surface area contributed by atoms with E-state index in [-0.39, 0.29) is 16.2 Å². The molecule has 0 bridgehead atoms. The Labute approximate surface area is 198 Å². The van der Waals surface area contributed by atoms with E-state index in [1.54, 1.807) is 0 Å². The van der Waals surface area contributed by atoms with Gasteiger partial charge in [0.15, 0.2) is 0 Å². The zero-order valence-corrected chi connectivity index (χ0v) is 22.7. The SMILES string of the molecule is CC(C)(C)c1ccc(S(C)(c2ccc(C(C)(C)C)cc2)c2ccc(C(C)(C)C)cc2)cc1. The minimum atomic E-state index is -1.36. The van der Waals surface area contributed by atoms with E-state index >= 15 is 0 Å². The van der Waals surface area contributed by atoms with Crippen molar-refractivity contribution in [3.8, 4) is 0 Å². The first kappa shape index (κ1) is 24.6. The maximum absolute atomic E-state index is 2.46. The van der Waals surface area contributed by atoms with Crippen LogP contribution in [-0.4, -0.2) is 6.26 Å². The Morgan fingerprint density at radius 3 is 0.719 bits per heavy atom. The molecule has 0 radical (unpaired) electrons. The maximum atomic E-state index is 2.46. The minimum absolute atomic E-state index is 0.160. The molecule has 0 aromatic heterocycles. The topological polar surface area (TPSA) is 0 Å². The minimum Gasteiger partial charge on any atom is -0.163 e. The van der Waals surface area contributed by atoms with Crippen LogP contribution < -0.4 is 0 Å². The molecule has 172 valence electrons. The number of rotatable bonds is 3. The van der Waals surface area contributed by atoms with E-state index in [9.17, 15) is 0 Å². The first-order chi connectivity index (χ1) is 14.6. The third-order valence-electron chi connectivity index (χ3n) is 6.58. The van der Waals surface area contributed by atoms with Gasteiger partial charge in [-0.1, -0.05) is 98.7 Å². The van der Waals surface area contributed by atoms with Crippen LogP contribution in [0.25, 0.3) is 0 Å². The Hall–Kier alpha value is -1.99. The van der Waals surface area contributed by atoms with Crippen LogP contribution >= 0.6 is 10.0 Å². The first-order valence-corrected chi connectivity index (χ1v) is 13.8. The van der Waals surface area contributed by atoms with Crippen LogP contribution in [0, 0.1) is 0 Å². The summed E-state index contributed by atoms with van der Waals surface area (Å²) in [6.45, 7) is 20.5. The van der Waals surface area contributed by atoms with Gasteiger partial charge in [-0.2, -0.15) is 10.0 Å². The molecule has 0 aliphatic rings. The van der Waals surface area contributed by atoms with Crippen molar-refractivity contribution in [1.82, 2.24) is 0 Å². The van der Waals surface area contributed by atoms with Crippen molar-refractivity contribution in [1.29, 1.82) is 0 Å². The summed E-state index contributed by atoms with van der Waals surface area (Å²) in [7, 11) is -1.36. The molecule has 0 fully saturated rings. The largest absolute Gasteiger partial charge is 0.163 e. The normalized spacial score (nSPS) is 13.8. The van der Waals surface area contributed by atoms with Crippen LogP contribution in [0.5, 0.6) is 0 Å². The Morgan fingerprint density at radius 2 is 0.562 bits per heavy atom. The molecule has 0 saturated carbocycles. The van der Waals surface area contributed by atoms with Crippen molar-refractivity contribution in [3.63, 3.8) is 0 Å². The fourth-order valence-electron chi connectivity index (χ4n) is 4.09. The lowest BCUT2D eigenvalue weighted by Gasteiger charge is -2.38. The molecule has 0 heterocycles. The molecule has 3 aromatic rings. The van der Waals surface area contributed by atoms with Gasteiger partial charge >= 0.3 is 0 Å². The van der Waals surface area contributed by atoms with Crippen molar-refractivity contribution in [2.45, 2.75) is 93.2 Å². The molecule has 0 amide bonds. The predicted octanol–water partition coefficient (Wildman–Crippen LogP) is 9.49. The van der Waals surface area contributed by atoms with Crippen LogP contribution in [0.15, 0.2) is 87.5 Å². The van der Waals surface area contributed by atoms with Crippen LogP contribution in [-0.2, 0) is 16.2 Å². The summed E-state index contributed by atoms with van der Waals surface area (Å²) >= 11 is 0. The lowest BCUT2D eigenvalue weighted by atomic mass is 9.87. The Bertz CT molecular complexity index is 893. The van der Waals surface area contributed by atoms with Crippen LogP contribution in [0.1, 0.15) is 79.0 Å². The molecular formula is C31H42S. The van der Waals surface area contributed by atoms with E-state index in [2.05, 4.69) is 141 Å². The summed E-state index contributed by atoms with van der Waals surface area (Å²) in [5.74, 6) is 0. The predicted molar refractivity (Wildman–Crippen MR) is 144 cm³/mol. The zero-order valence-electron chi connectivity index (χ0n) is 21.8. The van der Waals surface area contributed by atoms with Crippen molar-refractivity contribution in [3.05, 3.63) is 89.5 Å². The molecule has 3 aromatic carbocycles. The summed E-state index contributed by atoms with van der Waals surface area (Å²) < 4.78 is 0. The van der Waals surface area contributed by atoms with Gasteiger partial charge in [0.25, 0.3) is 0 Å². The highest BCUT2D eigenvalue weighted by molar-refractivity contribution is 8.33. The summed E-state index contributed by atoms with van der Waals surface area (Å²) in [5, 5.41) is 0. The average molecular weight is 447 g/mol. The molecule has 0 saturated heterocycles. The third kappa shape index (κ3) is 4.99. The Kier molecular flexibility index (Phi) is 6.48. The molecule has 0 atom stereocenters. The second-order valence-corrected chi connectivity index (χ2v) is 15.5. The second kappa shape index (κ2) is 8.41. The van der Waals surface area contributed by atoms with E-state index in [1.165, 1.54) is 31.4 Å². The van der Waals surface area contributed by atoms with E-state index in [0.717, 1.165) is 0 Å². The Balaban J connectivity index is 2.17. The summed E-state index contributed by atoms with van der Waals surface area (Å²) in [6.07, 6.45) is 2.46. The smallest absolute Gasteiger partial charge is 0.00210 e. The van der Waals surface area contributed by atoms with Gasteiger partial charge in [0.1, 0.15) is 0 Å². The molecule has 32 heavy (non-hydrogen) atoms. The molecule has 1 heteroatoms. The highest BCUT2D eigenvalue weighted by Gasteiger charge is 2.28. The molecule has 0 spiro atoms. The summed E-state index contributed by atoms with van der Waals surface area (Å²) in [5.41, 5.74) is 4.63. The molecule has 0 nitrogen and oxygen atoms in total. The van der Waals surface area contributed by atoms with Crippen LogP contribution in [0.4, 0.5) is 0 Å². The number of benzene rings is 3. The van der Waals surface area contributed by atoms with Crippen molar-refractivity contribution < 1.29 is 0 Å². The van der Waals surface area contributed by atoms with Gasteiger partial charge in [-0.05, 0) is 90.3 Å². The van der Waals surface area contributed by atoms with Gasteiger partial charge in [-0.3, -0.25) is 0 Å². The highest BCUT2D eigenvalue weighted by atomic mass is 32.3. The van der Waals surface area contributed by atoms with E-state index in [0.29, 0.717) is 0 Å². The van der Waals surface area contributed by atoms with Crippen LogP contribution in [0.3, 0.4) is 0 Å². The van der Waals surface area contributed by atoms with E-state index in [4.69, 9.17) is 0 Å². The monoisotopic (exact) mass is 446 g/mol. The molecule has 0 N–H and O–H groups in total. The maximum Gasteiger partial charge on any atom is -0.00210 e.